The number of nitrogens with one attached hydrogen (secondary N) is 1. The van der Waals surface area contributed by atoms with E-state index >= 15 is 0 Å². The zero-order valence-corrected chi connectivity index (χ0v) is 13.7. The average molecular weight is 315 g/mol. The Labute approximate surface area is 134 Å². The molecule has 2 rings (SSSR count). The molecule has 0 unspecified atom stereocenters. The molecular weight excluding hydrogens is 294 g/mol. The Bertz CT molecular complexity index is 638. The number of aryl methyl sites for hydroxylation is 1. The molecule has 0 heterocycles. The number of hydrogen-bond donors (Lipinski definition) is 1. The Hall–Kier alpha value is -1.94. The molecule has 0 saturated carbocycles. The predicted octanol–water partition coefficient (Wildman–Crippen LogP) is 3.37. The Kier molecular flexibility index (Phi) is 5.90. The first-order chi connectivity index (χ1) is 10.6. The number of hydrogen-bond acceptors (Lipinski definition) is 2. The molecule has 22 heavy (non-hydrogen) atoms. The molecule has 0 spiro atoms. The van der Waals surface area contributed by atoms with Gasteiger partial charge in [-0.05, 0) is 31.5 Å². The van der Waals surface area contributed by atoms with Gasteiger partial charge < -0.3 is 5.32 Å². The summed E-state index contributed by atoms with van der Waals surface area (Å²) in [6.07, 6.45) is 0.262. The van der Waals surface area contributed by atoms with Crippen LogP contribution < -0.4 is 5.32 Å². The fourth-order valence-corrected chi connectivity index (χ4v) is 3.18. The largest absolute Gasteiger partial charge is 0.350 e. The van der Waals surface area contributed by atoms with Gasteiger partial charge in [0.15, 0.2) is 0 Å². The lowest BCUT2D eigenvalue weighted by Gasteiger charge is -2.14. The maximum absolute atomic E-state index is 12.1. The topological polar surface area (TPSA) is 46.2 Å². The van der Waals surface area contributed by atoms with Gasteiger partial charge in [-0.1, -0.05) is 48.0 Å². The van der Waals surface area contributed by atoms with E-state index in [9.17, 15) is 9.00 Å². The van der Waals surface area contributed by atoms with E-state index in [2.05, 4.69) is 5.32 Å². The molecule has 1 N–H and O–H groups in total. The molecule has 0 fully saturated rings. The second-order valence-electron chi connectivity index (χ2n) is 5.31. The molecule has 116 valence electrons. The number of carbonyl (C=O) groups excluding carboxylic acids is 1. The van der Waals surface area contributed by atoms with Gasteiger partial charge in [-0.15, -0.1) is 0 Å². The van der Waals surface area contributed by atoms with Crippen molar-refractivity contribution >= 4 is 16.7 Å². The summed E-state index contributed by atoms with van der Waals surface area (Å²) < 4.78 is 12.1. The molecule has 2 aromatic carbocycles. The number of rotatable bonds is 6. The Morgan fingerprint density at radius 2 is 1.73 bits per heavy atom. The fourth-order valence-electron chi connectivity index (χ4n) is 2.13. The van der Waals surface area contributed by atoms with Crippen LogP contribution in [0.4, 0.5) is 0 Å². The van der Waals surface area contributed by atoms with Gasteiger partial charge >= 0.3 is 0 Å². The van der Waals surface area contributed by atoms with Crippen LogP contribution in [0.3, 0.4) is 0 Å². The van der Waals surface area contributed by atoms with Gasteiger partial charge in [0.25, 0.3) is 0 Å². The van der Waals surface area contributed by atoms with E-state index in [1.807, 2.05) is 68.4 Å². The van der Waals surface area contributed by atoms with Crippen molar-refractivity contribution in [3.63, 3.8) is 0 Å². The van der Waals surface area contributed by atoms with Gasteiger partial charge in [-0.25, -0.2) is 0 Å². The average Bonchev–Trinajstić information content (AvgIpc) is 2.54. The van der Waals surface area contributed by atoms with Crippen molar-refractivity contribution in [2.45, 2.75) is 31.2 Å². The van der Waals surface area contributed by atoms with E-state index in [1.54, 1.807) is 0 Å². The minimum absolute atomic E-state index is 0.0403. The van der Waals surface area contributed by atoms with Crippen molar-refractivity contribution in [3.05, 3.63) is 65.7 Å². The first-order valence-corrected chi connectivity index (χ1v) is 8.67. The maximum atomic E-state index is 12.1. The first-order valence-electron chi connectivity index (χ1n) is 7.35. The van der Waals surface area contributed by atoms with Crippen molar-refractivity contribution < 1.29 is 9.00 Å². The van der Waals surface area contributed by atoms with Crippen LogP contribution in [0, 0.1) is 6.92 Å². The lowest BCUT2D eigenvalue weighted by molar-refractivity contribution is -0.121. The van der Waals surface area contributed by atoms with Crippen molar-refractivity contribution in [3.8, 4) is 0 Å². The highest BCUT2D eigenvalue weighted by molar-refractivity contribution is 7.85. The number of amides is 1. The van der Waals surface area contributed by atoms with Gasteiger partial charge in [0.05, 0.1) is 16.8 Å². The molecule has 0 aliphatic rings. The summed E-state index contributed by atoms with van der Waals surface area (Å²) in [7, 11) is -1.13. The van der Waals surface area contributed by atoms with Gasteiger partial charge in [-0.2, -0.15) is 0 Å². The maximum Gasteiger partial charge on any atom is 0.221 e. The van der Waals surface area contributed by atoms with E-state index in [1.165, 1.54) is 0 Å². The van der Waals surface area contributed by atoms with Crippen LogP contribution in [0.15, 0.2) is 59.5 Å². The van der Waals surface area contributed by atoms with E-state index in [0.29, 0.717) is 5.75 Å². The summed E-state index contributed by atoms with van der Waals surface area (Å²) in [5, 5.41) is 2.94. The van der Waals surface area contributed by atoms with Crippen LogP contribution in [0.5, 0.6) is 0 Å². The van der Waals surface area contributed by atoms with Crippen LogP contribution in [-0.2, 0) is 15.6 Å². The second-order valence-corrected chi connectivity index (χ2v) is 6.88. The zero-order chi connectivity index (χ0) is 15.9. The summed E-state index contributed by atoms with van der Waals surface area (Å²) in [5.74, 6) is 0.271. The number of benzene rings is 2. The Morgan fingerprint density at radius 1 is 1.09 bits per heavy atom. The molecule has 0 saturated heterocycles. The number of carbonyl (C=O) groups is 1. The minimum atomic E-state index is -1.13. The van der Waals surface area contributed by atoms with Crippen molar-refractivity contribution in [1.82, 2.24) is 5.32 Å². The fraction of sp³-hybridized carbons (Fsp3) is 0.278. The third-order valence-electron chi connectivity index (χ3n) is 3.48. The molecule has 0 aromatic heterocycles. The quantitative estimate of drug-likeness (QED) is 0.888. The molecule has 2 aromatic rings. The minimum Gasteiger partial charge on any atom is -0.350 e. The van der Waals surface area contributed by atoms with Crippen LogP contribution in [0.1, 0.15) is 30.5 Å². The summed E-state index contributed by atoms with van der Waals surface area (Å²) in [6, 6.07) is 17.4. The molecular formula is C18H21NO2S. The molecule has 3 nitrogen and oxygen atoms in total. The summed E-state index contributed by atoms with van der Waals surface area (Å²) in [4.78, 5) is 12.7. The second kappa shape index (κ2) is 7.90. The van der Waals surface area contributed by atoms with E-state index in [0.717, 1.165) is 16.0 Å². The molecule has 0 radical (unpaired) electrons. The highest BCUT2D eigenvalue weighted by atomic mass is 32.2. The third-order valence-corrected chi connectivity index (χ3v) is 4.85. The summed E-state index contributed by atoms with van der Waals surface area (Å²) in [5.41, 5.74) is 2.20. The molecule has 0 bridgehead atoms. The normalized spacial score (nSPS) is 13.4. The standard InChI is InChI=1S/C18H21NO2S/c1-14-8-10-17(11-9-14)22(21)13-12-18(20)19-15(2)16-6-4-3-5-7-16/h3-11,15H,12-13H2,1-2H3,(H,19,20)/t15-,22+/m0/s1. The smallest absolute Gasteiger partial charge is 0.221 e. The highest BCUT2D eigenvalue weighted by Crippen LogP contribution is 2.12. The van der Waals surface area contributed by atoms with Crippen molar-refractivity contribution in [2.24, 2.45) is 0 Å². The molecule has 1 amide bonds. The van der Waals surface area contributed by atoms with Crippen LogP contribution >= 0.6 is 0 Å². The van der Waals surface area contributed by atoms with Gasteiger partial charge in [-0.3, -0.25) is 9.00 Å². The molecule has 0 aliphatic heterocycles. The van der Waals surface area contributed by atoms with E-state index in [-0.39, 0.29) is 18.4 Å². The van der Waals surface area contributed by atoms with Crippen LogP contribution in [0.25, 0.3) is 0 Å². The summed E-state index contributed by atoms with van der Waals surface area (Å²) in [6.45, 7) is 3.94. The zero-order valence-electron chi connectivity index (χ0n) is 12.9. The Balaban J connectivity index is 1.82. The monoisotopic (exact) mass is 315 g/mol. The molecule has 4 heteroatoms. The summed E-state index contributed by atoms with van der Waals surface area (Å²) >= 11 is 0. The van der Waals surface area contributed by atoms with Gasteiger partial charge in [0.1, 0.15) is 0 Å². The van der Waals surface area contributed by atoms with E-state index in [4.69, 9.17) is 0 Å². The van der Waals surface area contributed by atoms with Crippen LogP contribution in [-0.4, -0.2) is 15.9 Å². The van der Waals surface area contributed by atoms with Crippen LogP contribution in [0.2, 0.25) is 0 Å². The van der Waals surface area contributed by atoms with E-state index < -0.39 is 10.8 Å². The SMILES string of the molecule is Cc1ccc([S@](=O)CCC(=O)N[C@@H](C)c2ccccc2)cc1. The Morgan fingerprint density at radius 3 is 2.36 bits per heavy atom. The van der Waals surface area contributed by atoms with Crippen molar-refractivity contribution in [2.75, 3.05) is 5.75 Å². The molecule has 2 atom stereocenters. The first kappa shape index (κ1) is 16.4. The highest BCUT2D eigenvalue weighted by Gasteiger charge is 2.11. The molecule has 0 aliphatic carbocycles. The van der Waals surface area contributed by atoms with Gasteiger partial charge in [0, 0.05) is 17.1 Å². The lowest BCUT2D eigenvalue weighted by atomic mass is 10.1. The third kappa shape index (κ3) is 4.81. The van der Waals surface area contributed by atoms with Crippen molar-refractivity contribution in [1.29, 1.82) is 0 Å². The van der Waals surface area contributed by atoms with Gasteiger partial charge in [0.2, 0.25) is 5.91 Å². The lowest BCUT2D eigenvalue weighted by Crippen LogP contribution is -2.27. The predicted molar refractivity (Wildman–Crippen MR) is 90.1 cm³/mol.